The normalized spacial score (nSPS) is 19.9. The average molecular weight is 526 g/mol. The first-order valence-corrected chi connectivity index (χ1v) is 10.6. The minimum atomic E-state index is -0.412. The lowest BCUT2D eigenvalue weighted by Gasteiger charge is -2.40. The summed E-state index contributed by atoms with van der Waals surface area (Å²) in [6, 6.07) is 3.61. The molecule has 2 fully saturated rings. The van der Waals surface area contributed by atoms with Crippen molar-refractivity contribution in [1.29, 1.82) is 0 Å². The molecule has 0 unspecified atom stereocenters. The third kappa shape index (κ3) is 5.63. The van der Waals surface area contributed by atoms with Crippen molar-refractivity contribution < 1.29 is 13.5 Å². The second-order valence-electron chi connectivity index (χ2n) is 6.97. The largest absolute Gasteiger partial charge is 0.381 e. The Balaban J connectivity index is 0.00000280. The van der Waals surface area contributed by atoms with Gasteiger partial charge in [0.1, 0.15) is 11.6 Å². The molecule has 3 rings (SSSR count). The van der Waals surface area contributed by atoms with Crippen molar-refractivity contribution in [3.05, 3.63) is 29.8 Å². The van der Waals surface area contributed by atoms with E-state index in [4.69, 9.17) is 4.74 Å². The van der Waals surface area contributed by atoms with Gasteiger partial charge in [0, 0.05) is 63.8 Å². The molecule has 0 spiro atoms. The summed E-state index contributed by atoms with van der Waals surface area (Å²) in [6.07, 6.45) is 4.22. The monoisotopic (exact) mass is 526 g/mol. The summed E-state index contributed by atoms with van der Waals surface area (Å²) in [5.41, 5.74) is 0.334. The summed E-state index contributed by atoms with van der Waals surface area (Å²) in [6.45, 7) is 5.14. The van der Waals surface area contributed by atoms with E-state index >= 15 is 0 Å². The van der Waals surface area contributed by atoms with Gasteiger partial charge in [0.25, 0.3) is 0 Å². The molecule has 0 amide bonds. The highest BCUT2D eigenvalue weighted by Gasteiger charge is 2.32. The molecule has 1 N–H and O–H groups in total. The van der Waals surface area contributed by atoms with Crippen molar-refractivity contribution in [2.45, 2.75) is 17.6 Å². The van der Waals surface area contributed by atoms with E-state index in [0.29, 0.717) is 31.9 Å². The topological polar surface area (TPSA) is 40.1 Å². The van der Waals surface area contributed by atoms with Crippen molar-refractivity contribution in [2.75, 3.05) is 64.1 Å². The third-order valence-electron chi connectivity index (χ3n) is 5.45. The van der Waals surface area contributed by atoms with E-state index in [1.54, 1.807) is 7.05 Å². The van der Waals surface area contributed by atoms with Gasteiger partial charge in [0.05, 0.1) is 5.69 Å². The predicted molar refractivity (Wildman–Crippen MR) is 123 cm³/mol. The van der Waals surface area contributed by atoms with Gasteiger partial charge in [0.2, 0.25) is 0 Å². The Labute approximate surface area is 187 Å². The van der Waals surface area contributed by atoms with Gasteiger partial charge >= 0.3 is 0 Å². The van der Waals surface area contributed by atoms with Crippen LogP contribution in [0.25, 0.3) is 0 Å². The molecule has 2 aliphatic heterocycles. The predicted octanol–water partition coefficient (Wildman–Crippen LogP) is 3.19. The van der Waals surface area contributed by atoms with Gasteiger partial charge in [-0.3, -0.25) is 4.99 Å². The molecule has 5 nitrogen and oxygen atoms in total. The van der Waals surface area contributed by atoms with Crippen LogP contribution in [0.1, 0.15) is 12.8 Å². The molecule has 28 heavy (non-hydrogen) atoms. The van der Waals surface area contributed by atoms with E-state index in [0.717, 1.165) is 44.6 Å². The SMILES string of the molecule is CN=C(NCC1(SC)CCOCC1)N1CCN(c2cc(F)ccc2F)CC1.I. The molecular formula is C19H29F2IN4OS. The van der Waals surface area contributed by atoms with Gasteiger partial charge in [-0.1, -0.05) is 0 Å². The van der Waals surface area contributed by atoms with Gasteiger partial charge in [-0.2, -0.15) is 11.8 Å². The maximum atomic E-state index is 14.0. The molecule has 1 aromatic rings. The Kier molecular flexibility index (Phi) is 9.07. The molecule has 0 aliphatic carbocycles. The number of hydrogen-bond acceptors (Lipinski definition) is 4. The number of guanidine groups is 1. The quantitative estimate of drug-likeness (QED) is 0.371. The summed E-state index contributed by atoms with van der Waals surface area (Å²) in [7, 11) is 1.79. The van der Waals surface area contributed by atoms with Gasteiger partial charge in [-0.25, -0.2) is 8.78 Å². The van der Waals surface area contributed by atoms with Crippen LogP contribution in [0.4, 0.5) is 14.5 Å². The van der Waals surface area contributed by atoms with E-state index < -0.39 is 5.82 Å². The van der Waals surface area contributed by atoms with E-state index in [9.17, 15) is 8.78 Å². The maximum Gasteiger partial charge on any atom is 0.193 e. The third-order valence-corrected chi connectivity index (χ3v) is 6.86. The number of nitrogens with zero attached hydrogens (tertiary/aromatic N) is 3. The van der Waals surface area contributed by atoms with Gasteiger partial charge < -0.3 is 19.9 Å². The van der Waals surface area contributed by atoms with E-state index in [1.165, 1.54) is 12.1 Å². The molecule has 2 heterocycles. The van der Waals surface area contributed by atoms with Gasteiger partial charge in [-0.15, -0.1) is 24.0 Å². The number of nitrogens with one attached hydrogen (secondary N) is 1. The number of halogens is 3. The van der Waals surface area contributed by atoms with Crippen LogP contribution < -0.4 is 10.2 Å². The van der Waals surface area contributed by atoms with Crippen molar-refractivity contribution >= 4 is 47.4 Å². The zero-order valence-corrected chi connectivity index (χ0v) is 19.6. The Morgan fingerprint density at radius 3 is 2.50 bits per heavy atom. The minimum Gasteiger partial charge on any atom is -0.381 e. The molecule has 0 radical (unpaired) electrons. The average Bonchev–Trinajstić information content (AvgIpc) is 2.71. The Hall–Kier alpha value is -0.810. The van der Waals surface area contributed by atoms with Crippen LogP contribution in [-0.2, 0) is 4.74 Å². The van der Waals surface area contributed by atoms with Crippen LogP contribution in [-0.4, -0.2) is 74.8 Å². The molecule has 158 valence electrons. The lowest BCUT2D eigenvalue weighted by Crippen LogP contribution is -2.55. The van der Waals surface area contributed by atoms with Crippen LogP contribution in [0, 0.1) is 11.6 Å². The summed E-state index contributed by atoms with van der Waals surface area (Å²) in [4.78, 5) is 8.50. The first-order chi connectivity index (χ1) is 13.1. The zero-order valence-electron chi connectivity index (χ0n) is 16.4. The van der Waals surface area contributed by atoms with Crippen LogP contribution >= 0.6 is 35.7 Å². The zero-order chi connectivity index (χ0) is 19.3. The summed E-state index contributed by atoms with van der Waals surface area (Å²) in [5, 5.41) is 3.52. The molecule has 0 saturated carbocycles. The highest BCUT2D eigenvalue weighted by atomic mass is 127. The highest BCUT2D eigenvalue weighted by Crippen LogP contribution is 2.33. The second-order valence-corrected chi connectivity index (χ2v) is 8.24. The number of anilines is 1. The van der Waals surface area contributed by atoms with Crippen LogP contribution in [0.2, 0.25) is 0 Å². The molecule has 0 aromatic heterocycles. The molecule has 9 heteroatoms. The number of thioether (sulfide) groups is 1. The molecule has 2 saturated heterocycles. The fraction of sp³-hybridized carbons (Fsp3) is 0.632. The molecule has 2 aliphatic rings. The maximum absolute atomic E-state index is 14.0. The van der Waals surface area contributed by atoms with Gasteiger partial charge in [-0.05, 0) is 31.2 Å². The van der Waals surface area contributed by atoms with Gasteiger partial charge in [0.15, 0.2) is 5.96 Å². The highest BCUT2D eigenvalue weighted by molar-refractivity contribution is 14.0. The molecule has 0 bridgehead atoms. The van der Waals surface area contributed by atoms with Crippen LogP contribution in [0.15, 0.2) is 23.2 Å². The van der Waals surface area contributed by atoms with E-state index in [-0.39, 0.29) is 34.5 Å². The van der Waals surface area contributed by atoms with Crippen LogP contribution in [0.3, 0.4) is 0 Å². The van der Waals surface area contributed by atoms with E-state index in [2.05, 4.69) is 21.5 Å². The number of piperazine rings is 1. The lowest BCUT2D eigenvalue weighted by molar-refractivity contribution is 0.0781. The summed E-state index contributed by atoms with van der Waals surface area (Å²) >= 11 is 1.89. The Morgan fingerprint density at radius 1 is 1.21 bits per heavy atom. The van der Waals surface area contributed by atoms with Crippen molar-refractivity contribution in [3.63, 3.8) is 0 Å². The smallest absolute Gasteiger partial charge is 0.193 e. The van der Waals surface area contributed by atoms with E-state index in [1.807, 2.05) is 16.7 Å². The van der Waals surface area contributed by atoms with Crippen molar-refractivity contribution in [2.24, 2.45) is 4.99 Å². The number of rotatable bonds is 4. The first kappa shape index (κ1) is 23.5. The summed E-state index contributed by atoms with van der Waals surface area (Å²) in [5.74, 6) is 0.0770. The van der Waals surface area contributed by atoms with Crippen molar-refractivity contribution in [3.8, 4) is 0 Å². The Morgan fingerprint density at radius 2 is 1.89 bits per heavy atom. The fourth-order valence-electron chi connectivity index (χ4n) is 3.66. The minimum absolute atomic E-state index is 0. The number of hydrogen-bond donors (Lipinski definition) is 1. The standard InChI is InChI=1S/C19H28F2N4OS.HI/c1-22-18(23-14-19(27-2)5-11-26-12-6-19)25-9-7-24(8-10-25)17-13-15(20)3-4-16(17)21;/h3-4,13H,5-12,14H2,1-2H3,(H,22,23);1H. The molecule has 0 atom stereocenters. The first-order valence-electron chi connectivity index (χ1n) is 9.35. The summed E-state index contributed by atoms with van der Waals surface area (Å²) < 4.78 is 33.2. The molecular weight excluding hydrogens is 497 g/mol. The number of ether oxygens (including phenoxy) is 1. The fourth-order valence-corrected chi connectivity index (χ4v) is 4.45. The second kappa shape index (κ2) is 10.8. The lowest BCUT2D eigenvalue weighted by atomic mass is 9.99. The van der Waals surface area contributed by atoms with Crippen LogP contribution in [0.5, 0.6) is 0 Å². The molecule has 1 aromatic carbocycles. The number of benzene rings is 1. The number of aliphatic imine (C=N–C) groups is 1. The Bertz CT molecular complexity index is 665. The van der Waals surface area contributed by atoms with Crippen molar-refractivity contribution in [1.82, 2.24) is 10.2 Å².